The van der Waals surface area contributed by atoms with Crippen LogP contribution in [0, 0.1) is 14.9 Å². The van der Waals surface area contributed by atoms with Gasteiger partial charge in [-0.25, -0.2) is 0 Å². The van der Waals surface area contributed by atoms with Crippen LogP contribution in [0.4, 0.5) is 5.69 Å². The molecular formula is C18H14ClIN2O2. The Hall–Kier alpha value is -2.04. The highest BCUT2D eigenvalue weighted by Crippen LogP contribution is 2.23. The Kier molecular flexibility index (Phi) is 6.64. The van der Waals surface area contributed by atoms with Gasteiger partial charge in [0.05, 0.1) is 17.3 Å². The lowest BCUT2D eigenvalue weighted by molar-refractivity contribution is -0.112. The highest BCUT2D eigenvalue weighted by molar-refractivity contribution is 14.1. The molecule has 1 N–H and O–H groups in total. The van der Waals surface area contributed by atoms with Crippen LogP contribution in [0.15, 0.2) is 48.0 Å². The largest absolute Gasteiger partial charge is 0.494 e. The van der Waals surface area contributed by atoms with E-state index in [2.05, 4.69) is 27.9 Å². The molecule has 2 aromatic rings. The van der Waals surface area contributed by atoms with Gasteiger partial charge in [0, 0.05) is 3.57 Å². The molecule has 0 saturated heterocycles. The molecule has 24 heavy (non-hydrogen) atoms. The number of anilines is 1. The van der Waals surface area contributed by atoms with Gasteiger partial charge in [0.25, 0.3) is 5.91 Å². The van der Waals surface area contributed by atoms with Gasteiger partial charge >= 0.3 is 0 Å². The summed E-state index contributed by atoms with van der Waals surface area (Å²) < 4.78 is 6.43. The Morgan fingerprint density at radius 1 is 1.38 bits per heavy atom. The number of ether oxygens (including phenoxy) is 1. The Morgan fingerprint density at radius 3 is 2.79 bits per heavy atom. The fourth-order valence-corrected chi connectivity index (χ4v) is 2.83. The summed E-state index contributed by atoms with van der Waals surface area (Å²) in [5.74, 6) is 0.182. The molecule has 0 aliphatic carbocycles. The normalized spacial score (nSPS) is 10.8. The topological polar surface area (TPSA) is 62.1 Å². The molecule has 0 aliphatic rings. The minimum atomic E-state index is -0.512. The number of amides is 1. The number of nitriles is 1. The first kappa shape index (κ1) is 18.3. The summed E-state index contributed by atoms with van der Waals surface area (Å²) >= 11 is 8.18. The van der Waals surface area contributed by atoms with E-state index in [0.717, 1.165) is 9.13 Å². The quantitative estimate of drug-likeness (QED) is 0.399. The third kappa shape index (κ3) is 4.98. The van der Waals surface area contributed by atoms with E-state index in [1.807, 2.05) is 25.1 Å². The Bertz CT molecular complexity index is 828. The summed E-state index contributed by atoms with van der Waals surface area (Å²) in [4.78, 5) is 12.3. The van der Waals surface area contributed by atoms with Crippen LogP contribution >= 0.6 is 34.2 Å². The van der Waals surface area contributed by atoms with Crippen molar-refractivity contribution in [2.75, 3.05) is 11.9 Å². The number of para-hydroxylation sites is 1. The standard InChI is InChI=1S/C18H14ClIN2O2/c1-2-24-15-9-12(8-14(20)10-15)7-13(11-21)18(23)22-17-6-4-3-5-16(17)19/h3-10H,2H2,1H3,(H,22,23)/b13-7+. The molecule has 0 saturated carbocycles. The lowest BCUT2D eigenvalue weighted by Crippen LogP contribution is -2.13. The maximum Gasteiger partial charge on any atom is 0.266 e. The van der Waals surface area contributed by atoms with Crippen molar-refractivity contribution in [1.29, 1.82) is 5.26 Å². The highest BCUT2D eigenvalue weighted by atomic mass is 127. The number of carbonyl (C=O) groups excluding carboxylic acids is 1. The van der Waals surface area contributed by atoms with Crippen molar-refractivity contribution < 1.29 is 9.53 Å². The summed E-state index contributed by atoms with van der Waals surface area (Å²) in [6.07, 6.45) is 1.52. The van der Waals surface area contributed by atoms with Crippen LogP contribution in [0.5, 0.6) is 5.75 Å². The molecule has 0 spiro atoms. The first-order valence-electron chi connectivity index (χ1n) is 7.14. The highest BCUT2D eigenvalue weighted by Gasteiger charge is 2.11. The van der Waals surface area contributed by atoms with E-state index in [4.69, 9.17) is 16.3 Å². The van der Waals surface area contributed by atoms with Gasteiger partial charge in [-0.1, -0.05) is 23.7 Å². The van der Waals surface area contributed by atoms with E-state index in [9.17, 15) is 10.1 Å². The maximum atomic E-state index is 12.3. The smallest absolute Gasteiger partial charge is 0.266 e. The third-order valence-corrected chi connectivity index (χ3v) is 3.96. The predicted molar refractivity (Wildman–Crippen MR) is 104 cm³/mol. The van der Waals surface area contributed by atoms with Gasteiger partial charge in [-0.15, -0.1) is 0 Å². The van der Waals surface area contributed by atoms with Crippen LogP contribution in [-0.4, -0.2) is 12.5 Å². The van der Waals surface area contributed by atoms with Crippen LogP contribution in [0.3, 0.4) is 0 Å². The third-order valence-electron chi connectivity index (χ3n) is 3.00. The average molecular weight is 453 g/mol. The zero-order valence-electron chi connectivity index (χ0n) is 12.8. The SMILES string of the molecule is CCOc1cc(I)cc(/C=C(\C#N)C(=O)Nc2ccccc2Cl)c1. The van der Waals surface area contributed by atoms with Crippen molar-refractivity contribution in [2.24, 2.45) is 0 Å². The monoisotopic (exact) mass is 452 g/mol. The molecule has 0 fully saturated rings. The molecule has 2 aromatic carbocycles. The van der Waals surface area contributed by atoms with Crippen molar-refractivity contribution in [2.45, 2.75) is 6.92 Å². The number of hydrogen-bond acceptors (Lipinski definition) is 3. The minimum Gasteiger partial charge on any atom is -0.494 e. The fourth-order valence-electron chi connectivity index (χ4n) is 1.99. The maximum absolute atomic E-state index is 12.3. The fraction of sp³-hybridized carbons (Fsp3) is 0.111. The zero-order valence-corrected chi connectivity index (χ0v) is 15.8. The Labute approximate surface area is 159 Å². The van der Waals surface area contributed by atoms with E-state index in [0.29, 0.717) is 23.1 Å². The molecule has 0 radical (unpaired) electrons. The Balaban J connectivity index is 2.27. The number of halogens is 2. The van der Waals surface area contributed by atoms with Crippen LogP contribution in [0.1, 0.15) is 12.5 Å². The van der Waals surface area contributed by atoms with E-state index < -0.39 is 5.91 Å². The van der Waals surface area contributed by atoms with Gasteiger partial charge < -0.3 is 10.1 Å². The number of hydrogen-bond donors (Lipinski definition) is 1. The van der Waals surface area contributed by atoms with Gasteiger partial charge in [-0.3, -0.25) is 4.79 Å². The second-order valence-corrected chi connectivity index (χ2v) is 6.41. The number of nitrogens with zero attached hydrogens (tertiary/aromatic N) is 1. The molecule has 0 atom stereocenters. The van der Waals surface area contributed by atoms with Crippen LogP contribution < -0.4 is 10.1 Å². The van der Waals surface area contributed by atoms with Crippen molar-refractivity contribution in [3.63, 3.8) is 0 Å². The zero-order chi connectivity index (χ0) is 17.5. The number of rotatable bonds is 5. The molecule has 122 valence electrons. The van der Waals surface area contributed by atoms with Gasteiger partial charge in [0.15, 0.2) is 0 Å². The molecule has 0 bridgehead atoms. The Morgan fingerprint density at radius 2 is 2.12 bits per heavy atom. The molecule has 1 amide bonds. The molecule has 0 aliphatic heterocycles. The molecule has 2 rings (SSSR count). The van der Waals surface area contributed by atoms with Crippen molar-refractivity contribution >= 4 is 51.9 Å². The van der Waals surface area contributed by atoms with E-state index in [1.54, 1.807) is 30.3 Å². The number of benzene rings is 2. The molecule has 6 heteroatoms. The van der Waals surface area contributed by atoms with Crippen LogP contribution in [0.2, 0.25) is 5.02 Å². The lowest BCUT2D eigenvalue weighted by Gasteiger charge is -2.07. The van der Waals surface area contributed by atoms with E-state index in [-0.39, 0.29) is 5.57 Å². The molecule has 0 heterocycles. The van der Waals surface area contributed by atoms with Gasteiger partial charge in [-0.05, 0) is 71.5 Å². The van der Waals surface area contributed by atoms with Gasteiger partial charge in [-0.2, -0.15) is 5.26 Å². The lowest BCUT2D eigenvalue weighted by atomic mass is 10.1. The van der Waals surface area contributed by atoms with Gasteiger partial charge in [0.1, 0.15) is 17.4 Å². The van der Waals surface area contributed by atoms with Gasteiger partial charge in [0.2, 0.25) is 0 Å². The molecule has 0 unspecified atom stereocenters. The second-order valence-electron chi connectivity index (χ2n) is 4.76. The van der Waals surface area contributed by atoms with E-state index in [1.165, 1.54) is 6.08 Å². The number of nitrogens with one attached hydrogen (secondary N) is 1. The summed E-state index contributed by atoms with van der Waals surface area (Å²) in [6, 6.07) is 14.3. The molecule has 0 aromatic heterocycles. The van der Waals surface area contributed by atoms with Crippen LogP contribution in [-0.2, 0) is 4.79 Å². The van der Waals surface area contributed by atoms with E-state index >= 15 is 0 Å². The molecule has 4 nitrogen and oxygen atoms in total. The summed E-state index contributed by atoms with van der Waals surface area (Å²) in [5.41, 5.74) is 1.17. The van der Waals surface area contributed by atoms with Crippen molar-refractivity contribution in [1.82, 2.24) is 0 Å². The first-order chi connectivity index (χ1) is 11.5. The second kappa shape index (κ2) is 8.71. The summed E-state index contributed by atoms with van der Waals surface area (Å²) in [5, 5.41) is 12.4. The molecular weight excluding hydrogens is 439 g/mol. The van der Waals surface area contributed by atoms with Crippen LogP contribution in [0.25, 0.3) is 6.08 Å². The van der Waals surface area contributed by atoms with Crippen molar-refractivity contribution in [3.05, 3.63) is 62.2 Å². The minimum absolute atomic E-state index is 0.0145. The summed E-state index contributed by atoms with van der Waals surface area (Å²) in [6.45, 7) is 2.44. The van der Waals surface area contributed by atoms with Crippen molar-refractivity contribution in [3.8, 4) is 11.8 Å². The first-order valence-corrected chi connectivity index (χ1v) is 8.60. The average Bonchev–Trinajstić information content (AvgIpc) is 2.54. The summed E-state index contributed by atoms with van der Waals surface area (Å²) in [7, 11) is 0. The predicted octanol–water partition coefficient (Wildman–Crippen LogP) is 4.89. The number of carbonyl (C=O) groups is 1.